The molecule has 0 unspecified atom stereocenters. The number of anilines is 1. The Kier molecular flexibility index (Phi) is 5.57. The van der Waals surface area contributed by atoms with E-state index in [2.05, 4.69) is 35.2 Å². The van der Waals surface area contributed by atoms with E-state index in [0.717, 1.165) is 0 Å². The number of fused-ring (bicyclic) bond motifs is 2. The first-order chi connectivity index (χ1) is 14.7. The first kappa shape index (κ1) is 19.4. The molecule has 0 saturated carbocycles. The second-order valence-electron chi connectivity index (χ2n) is 6.18. The molecule has 0 amide bonds. The van der Waals surface area contributed by atoms with Crippen LogP contribution in [0.2, 0.25) is 0 Å². The van der Waals surface area contributed by atoms with Gasteiger partial charge >= 0.3 is 0 Å². The summed E-state index contributed by atoms with van der Waals surface area (Å²) in [7, 11) is 0. The second-order valence-corrected chi connectivity index (χ2v) is 6.18. The van der Waals surface area contributed by atoms with Crippen LogP contribution in [0.5, 0.6) is 0 Å². The van der Waals surface area contributed by atoms with Gasteiger partial charge in [0.25, 0.3) is 0 Å². The lowest BCUT2D eigenvalue weighted by Crippen LogP contribution is -2.09. The predicted molar refractivity (Wildman–Crippen MR) is 111 cm³/mol. The molecule has 152 valence electrons. The minimum absolute atomic E-state index is 0.250. The van der Waals surface area contributed by atoms with Gasteiger partial charge in [0.1, 0.15) is 29.3 Å². The zero-order valence-corrected chi connectivity index (χ0v) is 16.1. The lowest BCUT2D eigenvalue weighted by atomic mass is 10.3. The maximum Gasteiger partial charge on any atom is 0.182 e. The lowest BCUT2D eigenvalue weighted by Gasteiger charge is -2.10. The van der Waals surface area contributed by atoms with Gasteiger partial charge in [0.15, 0.2) is 11.5 Å². The molecule has 30 heavy (non-hydrogen) atoms. The van der Waals surface area contributed by atoms with Crippen LogP contribution in [0.4, 0.5) is 10.2 Å². The van der Waals surface area contributed by atoms with Gasteiger partial charge in [0.05, 0.1) is 23.9 Å². The van der Waals surface area contributed by atoms with Gasteiger partial charge in [-0.05, 0) is 31.2 Å². The molecule has 10 heteroatoms. The molecule has 5 aromatic rings. The van der Waals surface area contributed by atoms with Crippen molar-refractivity contribution in [1.29, 1.82) is 0 Å². The van der Waals surface area contributed by atoms with Crippen molar-refractivity contribution in [2.45, 2.75) is 13.5 Å². The molecular weight excluding hydrogens is 387 g/mol. The monoisotopic (exact) mass is 406 g/mol. The summed E-state index contributed by atoms with van der Waals surface area (Å²) in [6.07, 6.45) is 4.70. The average Bonchev–Trinajstić information content (AvgIpc) is 3.38. The highest BCUT2D eigenvalue weighted by Gasteiger charge is 2.15. The van der Waals surface area contributed by atoms with Crippen LogP contribution in [0, 0.1) is 5.82 Å². The first-order valence-electron chi connectivity index (χ1n) is 9.28. The number of hydrogen-bond donors (Lipinski definition) is 3. The van der Waals surface area contributed by atoms with Crippen molar-refractivity contribution in [2.24, 2.45) is 0 Å². The van der Waals surface area contributed by atoms with Gasteiger partial charge in [-0.2, -0.15) is 0 Å². The fourth-order valence-corrected chi connectivity index (χ4v) is 3.02. The fourth-order valence-electron chi connectivity index (χ4n) is 3.02. The van der Waals surface area contributed by atoms with Crippen LogP contribution >= 0.6 is 0 Å². The normalized spacial score (nSPS) is 10.8. The zero-order valence-electron chi connectivity index (χ0n) is 16.1. The maximum atomic E-state index is 13.8. The number of aliphatic hydroxyl groups is 1. The highest BCUT2D eigenvalue weighted by molar-refractivity contribution is 5.82. The summed E-state index contributed by atoms with van der Waals surface area (Å²) in [5.41, 5.74) is 2.63. The van der Waals surface area contributed by atoms with Gasteiger partial charge in [-0.15, -0.1) is 0 Å². The van der Waals surface area contributed by atoms with E-state index in [1.54, 1.807) is 25.5 Å². The minimum atomic E-state index is -0.325. The third kappa shape index (κ3) is 3.80. The summed E-state index contributed by atoms with van der Waals surface area (Å²) < 4.78 is 15.7. The standard InChI is InChI=1S/C18H13FN8.C2H6O/c19-11-4-5-12-13(7-11)27(14-3-1-2-6-20-14)15(26-12)8-21-17-16-18(23-9-22-16)25-10-24-17;1-2-3/h1-7,9-10H,8H2,(H2,21,22,23,24,25);3H,2H2,1H3. The number of aliphatic hydroxyl groups excluding tert-OH is 1. The number of pyridine rings is 1. The van der Waals surface area contributed by atoms with E-state index in [-0.39, 0.29) is 12.4 Å². The summed E-state index contributed by atoms with van der Waals surface area (Å²) in [4.78, 5) is 24.5. The summed E-state index contributed by atoms with van der Waals surface area (Å²) in [6, 6.07) is 10.1. The number of benzene rings is 1. The van der Waals surface area contributed by atoms with Gasteiger partial charge in [0, 0.05) is 18.9 Å². The third-order valence-corrected chi connectivity index (χ3v) is 4.20. The first-order valence-corrected chi connectivity index (χ1v) is 9.28. The Morgan fingerprint density at radius 1 is 1.13 bits per heavy atom. The quantitative estimate of drug-likeness (QED) is 0.420. The number of aromatic nitrogens is 7. The number of aromatic amines is 1. The van der Waals surface area contributed by atoms with Crippen molar-refractivity contribution in [1.82, 2.24) is 34.5 Å². The van der Waals surface area contributed by atoms with Crippen LogP contribution in [0.15, 0.2) is 55.2 Å². The molecule has 4 heterocycles. The molecule has 3 N–H and O–H groups in total. The van der Waals surface area contributed by atoms with Crippen molar-refractivity contribution in [3.63, 3.8) is 0 Å². The smallest absolute Gasteiger partial charge is 0.182 e. The van der Waals surface area contributed by atoms with Gasteiger partial charge in [0.2, 0.25) is 0 Å². The number of hydrogen-bond acceptors (Lipinski definition) is 7. The number of nitrogens with one attached hydrogen (secondary N) is 2. The Morgan fingerprint density at radius 3 is 2.80 bits per heavy atom. The molecule has 0 spiro atoms. The summed E-state index contributed by atoms with van der Waals surface area (Å²) in [6.45, 7) is 2.29. The topological polar surface area (TPSA) is 117 Å². The fraction of sp³-hybridized carbons (Fsp3) is 0.150. The van der Waals surface area contributed by atoms with Crippen LogP contribution in [-0.2, 0) is 6.54 Å². The number of nitrogens with zero attached hydrogens (tertiary/aromatic N) is 6. The number of halogens is 1. The largest absolute Gasteiger partial charge is 0.397 e. The molecule has 4 aromatic heterocycles. The Morgan fingerprint density at radius 2 is 2.00 bits per heavy atom. The van der Waals surface area contributed by atoms with Gasteiger partial charge in [-0.3, -0.25) is 4.57 Å². The van der Waals surface area contributed by atoms with Crippen LogP contribution in [-0.4, -0.2) is 46.2 Å². The van der Waals surface area contributed by atoms with Gasteiger partial charge in [-0.25, -0.2) is 29.3 Å². The SMILES string of the molecule is CCO.Fc1ccc2nc(CNc3ncnc4nc[nH]c34)n(-c3ccccn3)c2c1. The third-order valence-electron chi connectivity index (χ3n) is 4.20. The van der Waals surface area contributed by atoms with E-state index in [0.29, 0.717) is 46.2 Å². The Bertz CT molecular complexity index is 1270. The van der Waals surface area contributed by atoms with E-state index in [1.807, 2.05) is 22.8 Å². The number of imidazole rings is 2. The van der Waals surface area contributed by atoms with Crippen LogP contribution < -0.4 is 5.32 Å². The van der Waals surface area contributed by atoms with Crippen molar-refractivity contribution >= 4 is 28.0 Å². The minimum Gasteiger partial charge on any atom is -0.397 e. The molecule has 0 radical (unpaired) electrons. The van der Waals surface area contributed by atoms with Gasteiger partial charge in [-0.1, -0.05) is 6.07 Å². The van der Waals surface area contributed by atoms with E-state index in [9.17, 15) is 4.39 Å². The van der Waals surface area contributed by atoms with Crippen molar-refractivity contribution in [3.05, 3.63) is 66.9 Å². The van der Waals surface area contributed by atoms with Crippen LogP contribution in [0.3, 0.4) is 0 Å². The molecular formula is C20H19FN8O. The Balaban J connectivity index is 0.000000687. The van der Waals surface area contributed by atoms with Crippen LogP contribution in [0.25, 0.3) is 28.0 Å². The lowest BCUT2D eigenvalue weighted by molar-refractivity contribution is 0.318. The van der Waals surface area contributed by atoms with Crippen molar-refractivity contribution in [2.75, 3.05) is 11.9 Å². The highest BCUT2D eigenvalue weighted by atomic mass is 19.1. The molecule has 1 aromatic carbocycles. The average molecular weight is 406 g/mol. The molecule has 9 nitrogen and oxygen atoms in total. The second kappa shape index (κ2) is 8.62. The Labute approximate surface area is 170 Å². The molecule has 0 aliphatic carbocycles. The molecule has 0 fully saturated rings. The molecule has 0 bridgehead atoms. The van der Waals surface area contributed by atoms with Crippen LogP contribution in [0.1, 0.15) is 12.7 Å². The van der Waals surface area contributed by atoms with Gasteiger partial charge < -0.3 is 15.4 Å². The van der Waals surface area contributed by atoms with Crippen molar-refractivity contribution in [3.8, 4) is 5.82 Å². The van der Waals surface area contributed by atoms with E-state index in [4.69, 9.17) is 5.11 Å². The predicted octanol–water partition coefficient (Wildman–Crippen LogP) is 2.84. The Hall–Kier alpha value is -3.92. The molecule has 0 aliphatic rings. The summed E-state index contributed by atoms with van der Waals surface area (Å²) in [5, 5.41) is 10.8. The van der Waals surface area contributed by atoms with E-state index < -0.39 is 0 Å². The number of H-pyrrole nitrogens is 1. The maximum absolute atomic E-state index is 13.8. The molecule has 5 rings (SSSR count). The van der Waals surface area contributed by atoms with Crippen molar-refractivity contribution < 1.29 is 9.50 Å². The van der Waals surface area contributed by atoms with E-state index in [1.165, 1.54) is 18.5 Å². The molecule has 0 aliphatic heterocycles. The van der Waals surface area contributed by atoms with E-state index >= 15 is 0 Å². The summed E-state index contributed by atoms with van der Waals surface area (Å²) in [5.74, 6) is 1.63. The highest BCUT2D eigenvalue weighted by Crippen LogP contribution is 2.23. The number of rotatable bonds is 4. The zero-order chi connectivity index (χ0) is 20.9. The molecule has 0 atom stereocenters. The molecule has 0 saturated heterocycles. The summed E-state index contributed by atoms with van der Waals surface area (Å²) >= 11 is 0.